The van der Waals surface area contributed by atoms with Crippen molar-refractivity contribution in [2.24, 2.45) is 0 Å². The van der Waals surface area contributed by atoms with Gasteiger partial charge in [0, 0.05) is 30.6 Å². The smallest absolute Gasteiger partial charge is 0.476 e. The van der Waals surface area contributed by atoms with Gasteiger partial charge in [0.25, 0.3) is 5.91 Å². The van der Waals surface area contributed by atoms with Gasteiger partial charge in [-0.25, -0.2) is 9.59 Å². The molecule has 0 heterocycles. The number of hydrogen-bond acceptors (Lipinski definition) is 8. The van der Waals surface area contributed by atoms with Crippen molar-refractivity contribution in [3.63, 3.8) is 0 Å². The third-order valence-electron chi connectivity index (χ3n) is 4.70. The molecule has 1 atom stereocenters. The molecule has 0 aromatic heterocycles. The molecule has 2 aromatic carbocycles. The summed E-state index contributed by atoms with van der Waals surface area (Å²) in [6.07, 6.45) is -1.46. The first-order valence-corrected chi connectivity index (χ1v) is 11.5. The second-order valence-corrected chi connectivity index (χ2v) is 8.50. The van der Waals surface area contributed by atoms with Crippen LogP contribution in [0.2, 0.25) is 5.02 Å². The molecule has 0 fully saturated rings. The van der Waals surface area contributed by atoms with Crippen LogP contribution in [0, 0.1) is 0 Å². The van der Waals surface area contributed by atoms with Crippen molar-refractivity contribution in [3.8, 4) is 5.75 Å². The van der Waals surface area contributed by atoms with Crippen molar-refractivity contribution in [2.45, 2.75) is 39.1 Å². The summed E-state index contributed by atoms with van der Waals surface area (Å²) in [5, 5.41) is 6.25. The molecule has 0 saturated heterocycles. The Balaban J connectivity index is 1.78. The molecular weight excluding hydrogens is 476 g/mol. The highest BCUT2D eigenvalue weighted by molar-refractivity contribution is 6.30. The van der Waals surface area contributed by atoms with Gasteiger partial charge in [0.05, 0.1) is 0 Å². The van der Waals surface area contributed by atoms with E-state index in [0.29, 0.717) is 35.8 Å². The maximum Gasteiger partial charge on any atom is 0.511 e. The molecule has 10 heteroatoms. The summed E-state index contributed by atoms with van der Waals surface area (Å²) >= 11 is 5.84. The van der Waals surface area contributed by atoms with Gasteiger partial charge in [-0.1, -0.05) is 23.7 Å². The van der Waals surface area contributed by atoms with Gasteiger partial charge in [0.15, 0.2) is 5.60 Å². The molecule has 35 heavy (non-hydrogen) atoms. The van der Waals surface area contributed by atoms with Crippen molar-refractivity contribution in [1.29, 1.82) is 0 Å². The van der Waals surface area contributed by atoms with Crippen LogP contribution in [0.15, 0.2) is 48.5 Å². The van der Waals surface area contributed by atoms with Crippen LogP contribution in [0.25, 0.3) is 0 Å². The number of halogens is 1. The van der Waals surface area contributed by atoms with Crippen LogP contribution in [0.4, 0.5) is 4.79 Å². The lowest BCUT2D eigenvalue weighted by Gasteiger charge is -2.26. The average molecular weight is 507 g/mol. The lowest BCUT2D eigenvalue weighted by Crippen LogP contribution is -2.42. The Hall–Kier alpha value is -3.30. The van der Waals surface area contributed by atoms with Crippen LogP contribution in [0.3, 0.4) is 0 Å². The molecule has 0 spiro atoms. The van der Waals surface area contributed by atoms with Crippen LogP contribution in [0.5, 0.6) is 5.75 Å². The number of benzene rings is 2. The van der Waals surface area contributed by atoms with Gasteiger partial charge in [0.2, 0.25) is 6.29 Å². The molecule has 0 aliphatic heterocycles. The van der Waals surface area contributed by atoms with Gasteiger partial charge in [0.1, 0.15) is 12.4 Å². The first-order valence-electron chi connectivity index (χ1n) is 11.1. The van der Waals surface area contributed by atoms with E-state index in [0.717, 1.165) is 5.56 Å². The van der Waals surface area contributed by atoms with Crippen LogP contribution in [-0.2, 0) is 25.4 Å². The number of hydrogen-bond donors (Lipinski definition) is 2. The molecule has 0 aliphatic carbocycles. The van der Waals surface area contributed by atoms with E-state index in [4.69, 9.17) is 30.5 Å². The van der Waals surface area contributed by atoms with Crippen LogP contribution < -0.4 is 15.4 Å². The quantitative estimate of drug-likeness (QED) is 0.254. The number of ether oxygens (including phenoxy) is 4. The minimum Gasteiger partial charge on any atom is -0.476 e. The van der Waals surface area contributed by atoms with Crippen molar-refractivity contribution in [2.75, 3.05) is 26.7 Å². The maximum absolute atomic E-state index is 12.5. The van der Waals surface area contributed by atoms with E-state index in [-0.39, 0.29) is 12.5 Å². The summed E-state index contributed by atoms with van der Waals surface area (Å²) in [5.74, 6) is -0.422. The zero-order valence-corrected chi connectivity index (χ0v) is 21.0. The third-order valence-corrected chi connectivity index (χ3v) is 4.95. The zero-order valence-electron chi connectivity index (χ0n) is 20.3. The molecular formula is C25H31ClN2O7. The Kier molecular flexibility index (Phi) is 10.8. The molecule has 0 saturated carbocycles. The minimum atomic E-state index is -1.33. The topological polar surface area (TPSA) is 112 Å². The predicted octanol–water partition coefficient (Wildman–Crippen LogP) is 3.73. The molecule has 2 rings (SSSR count). The Morgan fingerprint density at radius 1 is 0.971 bits per heavy atom. The Labute approximate surface area is 210 Å². The predicted molar refractivity (Wildman–Crippen MR) is 131 cm³/mol. The first kappa shape index (κ1) is 27.9. The van der Waals surface area contributed by atoms with Gasteiger partial charge >= 0.3 is 12.1 Å². The molecule has 0 radical (unpaired) electrons. The second-order valence-electron chi connectivity index (χ2n) is 8.06. The van der Waals surface area contributed by atoms with Gasteiger partial charge < -0.3 is 29.6 Å². The Bertz CT molecular complexity index is 978. The number of esters is 1. The molecule has 1 unspecified atom stereocenters. The normalized spacial score (nSPS) is 11.8. The van der Waals surface area contributed by atoms with Crippen molar-refractivity contribution < 1.29 is 33.3 Å². The summed E-state index contributed by atoms with van der Waals surface area (Å²) in [7, 11) is 1.72. The van der Waals surface area contributed by atoms with Crippen LogP contribution in [0.1, 0.15) is 36.7 Å². The average Bonchev–Trinajstić information content (AvgIpc) is 2.80. The number of carbonyl (C=O) groups is 3. The van der Waals surface area contributed by atoms with Crippen LogP contribution in [-0.4, -0.2) is 56.7 Å². The van der Waals surface area contributed by atoms with E-state index in [1.165, 1.54) is 6.92 Å². The van der Waals surface area contributed by atoms with E-state index in [9.17, 15) is 14.4 Å². The van der Waals surface area contributed by atoms with Crippen molar-refractivity contribution in [1.82, 2.24) is 10.6 Å². The van der Waals surface area contributed by atoms with Gasteiger partial charge in [-0.05, 0) is 69.3 Å². The van der Waals surface area contributed by atoms with Crippen molar-refractivity contribution >= 4 is 29.6 Å². The minimum absolute atomic E-state index is 0.134. The molecule has 0 aliphatic rings. The highest BCUT2D eigenvalue weighted by Crippen LogP contribution is 2.21. The van der Waals surface area contributed by atoms with Crippen molar-refractivity contribution in [3.05, 3.63) is 64.7 Å². The molecule has 9 nitrogen and oxygen atoms in total. The lowest BCUT2D eigenvalue weighted by atomic mass is 10.1. The van der Waals surface area contributed by atoms with E-state index in [1.54, 1.807) is 57.3 Å². The van der Waals surface area contributed by atoms with E-state index in [2.05, 4.69) is 10.6 Å². The third kappa shape index (κ3) is 9.84. The number of rotatable bonds is 12. The summed E-state index contributed by atoms with van der Waals surface area (Å²) in [5.41, 5.74) is 0.187. The largest absolute Gasteiger partial charge is 0.511 e. The number of amides is 1. The maximum atomic E-state index is 12.5. The van der Waals surface area contributed by atoms with E-state index < -0.39 is 24.0 Å². The highest BCUT2D eigenvalue weighted by atomic mass is 35.5. The first-order chi connectivity index (χ1) is 16.6. The molecule has 2 N–H and O–H groups in total. The summed E-state index contributed by atoms with van der Waals surface area (Å²) in [6, 6.07) is 13.8. The molecule has 0 bridgehead atoms. The SMILES string of the molecule is CNCCOC(=O)OC(C)OC(=O)C(C)(C)Oc1ccc(CCNC(=O)c2ccc(Cl)cc2)cc1. The fourth-order valence-corrected chi connectivity index (χ4v) is 2.93. The molecule has 1 amide bonds. The lowest BCUT2D eigenvalue weighted by molar-refractivity contribution is -0.183. The van der Waals surface area contributed by atoms with Crippen LogP contribution >= 0.6 is 11.6 Å². The summed E-state index contributed by atoms with van der Waals surface area (Å²) in [4.78, 5) is 36.2. The van der Waals surface area contributed by atoms with E-state index in [1.807, 2.05) is 12.1 Å². The molecule has 190 valence electrons. The monoisotopic (exact) mass is 506 g/mol. The van der Waals surface area contributed by atoms with Gasteiger partial charge in [-0.2, -0.15) is 0 Å². The fraction of sp³-hybridized carbons (Fsp3) is 0.400. The number of nitrogens with one attached hydrogen (secondary N) is 2. The summed E-state index contributed by atoms with van der Waals surface area (Å²) in [6.45, 7) is 5.57. The number of likely N-dealkylation sites (N-methyl/N-ethyl adjacent to an activating group) is 1. The Morgan fingerprint density at radius 3 is 2.26 bits per heavy atom. The van der Waals surface area contributed by atoms with Gasteiger partial charge in [-0.15, -0.1) is 0 Å². The molecule has 2 aromatic rings. The standard InChI is InChI=1S/C25H31ClN2O7/c1-17(34-24(31)32-16-15-27-4)33-23(30)25(2,3)35-21-11-5-18(6-12-21)13-14-28-22(29)19-7-9-20(26)10-8-19/h5-12,17,27H,13-16H2,1-4H3,(H,28,29). The van der Waals surface area contributed by atoms with E-state index >= 15 is 0 Å². The summed E-state index contributed by atoms with van der Waals surface area (Å²) < 4.78 is 20.6. The zero-order chi connectivity index (χ0) is 25.8. The highest BCUT2D eigenvalue weighted by Gasteiger charge is 2.34. The fourth-order valence-electron chi connectivity index (χ4n) is 2.81. The number of carbonyl (C=O) groups excluding carboxylic acids is 3. The Morgan fingerprint density at radius 2 is 1.63 bits per heavy atom. The second kappa shape index (κ2) is 13.6. The van der Waals surface area contributed by atoms with Gasteiger partial charge in [-0.3, -0.25) is 4.79 Å².